The van der Waals surface area contributed by atoms with Gasteiger partial charge in [0.15, 0.2) is 5.13 Å². The molecule has 1 aromatic heterocycles. The van der Waals surface area contributed by atoms with Crippen LogP contribution in [-0.4, -0.2) is 47.5 Å². The number of anilines is 1. The molecule has 12 heteroatoms. The minimum absolute atomic E-state index is 0.0818. The number of thiazole rings is 1. The lowest BCUT2D eigenvalue weighted by Crippen LogP contribution is -2.27. The summed E-state index contributed by atoms with van der Waals surface area (Å²) >= 11 is 0.938. The number of aliphatic carboxylic acids is 1. The molecule has 1 amide bonds. The van der Waals surface area contributed by atoms with Crippen LogP contribution in [0.1, 0.15) is 26.5 Å². The number of ether oxygens (including phenoxy) is 1. The number of carbonyl (C=O) groups is 3. The predicted molar refractivity (Wildman–Crippen MR) is 88.2 cm³/mol. The van der Waals surface area contributed by atoms with Crippen LogP contribution in [0.5, 0.6) is 0 Å². The maximum absolute atomic E-state index is 11.7. The van der Waals surface area contributed by atoms with Gasteiger partial charge in [0.25, 0.3) is 0 Å². The lowest BCUT2D eigenvalue weighted by molar-refractivity contribution is -0.134. The van der Waals surface area contributed by atoms with Crippen LogP contribution in [0, 0.1) is 0 Å². The third-order valence-electron chi connectivity index (χ3n) is 2.14. The number of oxime groups is 1. The van der Waals surface area contributed by atoms with Gasteiger partial charge in [-0.05, 0) is 27.4 Å². The molecule has 1 rings (SSSR count). The smallest absolute Gasteiger partial charge is 0.413 e. The molecular weight excluding hydrogens is 353 g/mol. The number of carboxylic acids is 1. The fraction of sp³-hybridized carbons (Fsp3) is 0.308. The van der Waals surface area contributed by atoms with Crippen molar-refractivity contribution in [2.75, 3.05) is 5.32 Å². The number of rotatable bonds is 6. The first-order valence-corrected chi connectivity index (χ1v) is 7.45. The second-order valence-corrected chi connectivity index (χ2v) is 6.19. The molecule has 0 spiro atoms. The minimum atomic E-state index is -1.48. The van der Waals surface area contributed by atoms with E-state index in [9.17, 15) is 14.4 Å². The number of hydrogen-bond acceptors (Lipinski definition) is 9. The van der Waals surface area contributed by atoms with Gasteiger partial charge in [0.05, 0.1) is 0 Å². The van der Waals surface area contributed by atoms with Gasteiger partial charge in [0, 0.05) is 5.38 Å². The van der Waals surface area contributed by atoms with Crippen LogP contribution in [0.15, 0.2) is 22.9 Å². The highest BCUT2D eigenvalue weighted by Gasteiger charge is 2.21. The fourth-order valence-corrected chi connectivity index (χ4v) is 1.91. The molecule has 10 nitrogen and oxygen atoms in total. The van der Waals surface area contributed by atoms with E-state index in [1.165, 1.54) is 5.38 Å². The van der Waals surface area contributed by atoms with Crippen LogP contribution in [0.4, 0.5) is 9.93 Å². The monoisotopic (exact) mass is 367 g/mol. The number of carboxylic acid groups (broad SMARTS) is 1. The SMILES string of the molecule is [B]OC(=O)C(=C)O/N=C(\C(=O)O)c1csc(NC(=O)OC(C)(C)C)n1. The Bertz CT molecular complexity index is 723. The van der Waals surface area contributed by atoms with E-state index in [0.29, 0.717) is 0 Å². The van der Waals surface area contributed by atoms with Crippen LogP contribution in [-0.2, 0) is 23.8 Å². The zero-order chi connectivity index (χ0) is 19.2. The van der Waals surface area contributed by atoms with E-state index in [-0.39, 0.29) is 10.8 Å². The molecule has 132 valence electrons. The van der Waals surface area contributed by atoms with E-state index < -0.39 is 35.1 Å². The molecule has 2 radical (unpaired) electrons. The van der Waals surface area contributed by atoms with E-state index in [2.05, 4.69) is 39.6 Å². The predicted octanol–water partition coefficient (Wildman–Crippen LogP) is 1.44. The van der Waals surface area contributed by atoms with Crippen molar-refractivity contribution >= 4 is 48.3 Å². The second-order valence-electron chi connectivity index (χ2n) is 5.33. The topological polar surface area (TPSA) is 136 Å². The van der Waals surface area contributed by atoms with Crippen LogP contribution in [0.25, 0.3) is 0 Å². The third-order valence-corrected chi connectivity index (χ3v) is 2.90. The summed E-state index contributed by atoms with van der Waals surface area (Å²) in [6, 6.07) is 0. The third kappa shape index (κ3) is 6.63. The van der Waals surface area contributed by atoms with Gasteiger partial charge in [-0.15, -0.1) is 11.3 Å². The van der Waals surface area contributed by atoms with Crippen LogP contribution in [0.3, 0.4) is 0 Å². The number of nitrogens with one attached hydrogen (secondary N) is 1. The quantitative estimate of drug-likeness (QED) is 0.253. The molecule has 0 aliphatic heterocycles. The standard InChI is InChI=1S/C13H14BN3O7S/c1-6(10(20)23-14)24-17-8(9(18)19)7-5-25-11(15-7)16-12(21)22-13(2,3)4/h5H,1H2,2-4H3,(H,18,19)(H,15,16,21)/b17-8-. The Labute approximate surface area is 147 Å². The molecular formula is C13H14BN3O7S. The highest BCUT2D eigenvalue weighted by Crippen LogP contribution is 2.18. The highest BCUT2D eigenvalue weighted by molar-refractivity contribution is 7.14. The van der Waals surface area contributed by atoms with Crippen LogP contribution < -0.4 is 5.32 Å². The Morgan fingerprint density at radius 2 is 2.04 bits per heavy atom. The first kappa shape index (κ1) is 20.2. The lowest BCUT2D eigenvalue weighted by atomic mass is 10.2. The summed E-state index contributed by atoms with van der Waals surface area (Å²) in [6.45, 7) is 8.22. The zero-order valence-corrected chi connectivity index (χ0v) is 14.4. The van der Waals surface area contributed by atoms with Gasteiger partial charge < -0.3 is 19.3 Å². The number of hydrogen-bond donors (Lipinski definition) is 2. The highest BCUT2D eigenvalue weighted by atomic mass is 32.1. The Balaban J connectivity index is 2.88. The number of aromatic nitrogens is 1. The lowest BCUT2D eigenvalue weighted by Gasteiger charge is -2.18. The Hall–Kier alpha value is -2.89. The molecule has 0 aromatic carbocycles. The summed E-state index contributed by atoms with van der Waals surface area (Å²) in [5.74, 6) is -3.23. The molecule has 0 bridgehead atoms. The van der Waals surface area contributed by atoms with Gasteiger partial charge in [-0.3, -0.25) is 5.32 Å². The van der Waals surface area contributed by atoms with Gasteiger partial charge in [0.2, 0.25) is 11.5 Å². The summed E-state index contributed by atoms with van der Waals surface area (Å²) in [7, 11) is 4.63. The second kappa shape index (κ2) is 8.28. The van der Waals surface area contributed by atoms with Gasteiger partial charge in [0.1, 0.15) is 11.3 Å². The van der Waals surface area contributed by atoms with Crippen molar-refractivity contribution in [3.05, 3.63) is 23.4 Å². The average Bonchev–Trinajstić information content (AvgIpc) is 2.91. The normalized spacial score (nSPS) is 11.4. The number of nitrogens with zero attached hydrogens (tertiary/aromatic N) is 2. The molecule has 2 N–H and O–H groups in total. The summed E-state index contributed by atoms with van der Waals surface area (Å²) in [6.07, 6.45) is -0.752. The molecule has 0 saturated carbocycles. The van der Waals surface area contributed by atoms with Crippen molar-refractivity contribution in [3.8, 4) is 0 Å². The van der Waals surface area contributed by atoms with Crippen LogP contribution >= 0.6 is 11.3 Å². The first-order valence-electron chi connectivity index (χ1n) is 6.57. The van der Waals surface area contributed by atoms with Gasteiger partial charge in [-0.25, -0.2) is 19.4 Å². The Morgan fingerprint density at radius 3 is 2.56 bits per heavy atom. The van der Waals surface area contributed by atoms with Crippen molar-refractivity contribution in [3.63, 3.8) is 0 Å². The largest absolute Gasteiger partial charge is 0.538 e. The van der Waals surface area contributed by atoms with Gasteiger partial charge in [-0.2, -0.15) is 0 Å². The van der Waals surface area contributed by atoms with Crippen molar-refractivity contribution in [1.29, 1.82) is 0 Å². The number of amides is 1. The Kier molecular flexibility index (Phi) is 6.68. The summed E-state index contributed by atoms with van der Waals surface area (Å²) in [5, 5.41) is 16.2. The maximum atomic E-state index is 11.7. The minimum Gasteiger partial charge on any atom is -0.538 e. The van der Waals surface area contributed by atoms with Crippen LogP contribution in [0.2, 0.25) is 0 Å². The fourth-order valence-electron chi connectivity index (χ4n) is 1.23. The molecule has 0 saturated heterocycles. The molecule has 1 aromatic rings. The molecule has 1 heterocycles. The maximum Gasteiger partial charge on any atom is 0.413 e. The molecule has 0 aliphatic rings. The van der Waals surface area contributed by atoms with E-state index in [1.807, 2.05) is 0 Å². The zero-order valence-electron chi connectivity index (χ0n) is 13.6. The summed E-state index contributed by atoms with van der Waals surface area (Å²) in [5.41, 5.74) is -1.44. The molecule has 25 heavy (non-hydrogen) atoms. The van der Waals surface area contributed by atoms with E-state index >= 15 is 0 Å². The average molecular weight is 367 g/mol. The number of carbonyl (C=O) groups excluding carboxylic acids is 2. The van der Waals surface area contributed by atoms with Crippen molar-refractivity contribution in [2.24, 2.45) is 5.16 Å². The molecule has 0 fully saturated rings. The van der Waals surface area contributed by atoms with E-state index in [0.717, 1.165) is 11.3 Å². The molecule has 0 aliphatic carbocycles. The van der Waals surface area contributed by atoms with Crippen molar-refractivity contribution < 1.29 is 33.7 Å². The van der Waals surface area contributed by atoms with Gasteiger partial charge >= 0.3 is 26.1 Å². The first-order chi connectivity index (χ1) is 11.5. The molecule has 0 unspecified atom stereocenters. The Morgan fingerprint density at radius 1 is 1.40 bits per heavy atom. The van der Waals surface area contributed by atoms with E-state index in [1.54, 1.807) is 20.8 Å². The molecule has 0 atom stereocenters. The summed E-state index contributed by atoms with van der Waals surface area (Å²) in [4.78, 5) is 42.3. The summed E-state index contributed by atoms with van der Waals surface area (Å²) < 4.78 is 8.89. The van der Waals surface area contributed by atoms with Gasteiger partial charge in [-0.1, -0.05) is 5.16 Å². The van der Waals surface area contributed by atoms with Crippen molar-refractivity contribution in [1.82, 2.24) is 4.98 Å². The van der Waals surface area contributed by atoms with E-state index in [4.69, 9.17) is 9.84 Å². The van der Waals surface area contributed by atoms with Crippen molar-refractivity contribution in [2.45, 2.75) is 26.4 Å².